The van der Waals surface area contributed by atoms with Crippen LogP contribution in [0, 0.1) is 12.8 Å². The van der Waals surface area contributed by atoms with Gasteiger partial charge in [0.25, 0.3) is 0 Å². The van der Waals surface area contributed by atoms with Crippen molar-refractivity contribution in [3.63, 3.8) is 0 Å². The maximum Gasteiger partial charge on any atom is 0.127 e. The summed E-state index contributed by atoms with van der Waals surface area (Å²) in [4.78, 5) is 0. The molecule has 0 aliphatic carbocycles. The maximum absolute atomic E-state index is 6.08. The van der Waals surface area contributed by atoms with Gasteiger partial charge < -0.3 is 9.47 Å². The summed E-state index contributed by atoms with van der Waals surface area (Å²) in [7, 11) is 0. The highest BCUT2D eigenvalue weighted by Gasteiger charge is 2.16. The minimum atomic E-state index is 0.398. The fourth-order valence-corrected chi connectivity index (χ4v) is 3.11. The first kappa shape index (κ1) is 19.2. The van der Waals surface area contributed by atoms with Crippen molar-refractivity contribution in [2.24, 2.45) is 5.92 Å². The molecule has 1 unspecified atom stereocenters. The van der Waals surface area contributed by atoms with Gasteiger partial charge >= 0.3 is 0 Å². The zero-order valence-corrected chi connectivity index (χ0v) is 16.4. The quantitative estimate of drug-likeness (QED) is 0.442. The normalized spacial score (nSPS) is 12.1. The van der Waals surface area contributed by atoms with Crippen LogP contribution >= 0.6 is 0 Å². The van der Waals surface area contributed by atoms with Crippen molar-refractivity contribution in [2.75, 3.05) is 6.61 Å². The molecule has 0 N–H and O–H groups in total. The molecule has 3 aromatic carbocycles. The minimum absolute atomic E-state index is 0.398. The molecule has 0 aliphatic rings. The molecule has 0 fully saturated rings. The van der Waals surface area contributed by atoms with Gasteiger partial charge in [0.15, 0.2) is 0 Å². The Labute approximate surface area is 162 Å². The van der Waals surface area contributed by atoms with Crippen LogP contribution in [0.15, 0.2) is 78.9 Å². The second kappa shape index (κ2) is 9.38. The molecule has 3 rings (SSSR count). The first-order chi connectivity index (χ1) is 13.1. The van der Waals surface area contributed by atoms with Gasteiger partial charge in [-0.05, 0) is 48.2 Å². The third kappa shape index (κ3) is 5.70. The monoisotopic (exact) mass is 360 g/mol. The highest BCUT2D eigenvalue weighted by Crippen LogP contribution is 2.26. The van der Waals surface area contributed by atoms with Gasteiger partial charge in [-0.15, -0.1) is 0 Å². The molecule has 0 aliphatic heterocycles. The summed E-state index contributed by atoms with van der Waals surface area (Å²) in [5, 5.41) is 0. The summed E-state index contributed by atoms with van der Waals surface area (Å²) >= 11 is 0. The van der Waals surface area contributed by atoms with Crippen LogP contribution in [-0.2, 0) is 11.3 Å². The van der Waals surface area contributed by atoms with E-state index < -0.39 is 0 Å². The fourth-order valence-electron chi connectivity index (χ4n) is 3.11. The number of aryl methyl sites for hydroxylation is 1. The summed E-state index contributed by atoms with van der Waals surface area (Å²) in [5.41, 5.74) is 3.75. The van der Waals surface area contributed by atoms with Crippen molar-refractivity contribution in [2.45, 2.75) is 33.3 Å². The molecule has 0 bridgehead atoms. The van der Waals surface area contributed by atoms with E-state index in [2.05, 4.69) is 51.1 Å². The number of hydrogen-bond acceptors (Lipinski definition) is 2. The molecule has 0 saturated heterocycles. The number of rotatable bonds is 8. The van der Waals surface area contributed by atoms with Gasteiger partial charge in [-0.25, -0.2) is 0 Å². The van der Waals surface area contributed by atoms with Gasteiger partial charge in [0.2, 0.25) is 0 Å². The van der Waals surface area contributed by atoms with Crippen LogP contribution in [0.1, 0.15) is 36.5 Å². The molecule has 0 aromatic heterocycles. The Morgan fingerprint density at radius 1 is 0.778 bits per heavy atom. The van der Waals surface area contributed by atoms with Crippen molar-refractivity contribution >= 4 is 0 Å². The smallest absolute Gasteiger partial charge is 0.127 e. The predicted molar refractivity (Wildman–Crippen MR) is 111 cm³/mol. The molecular formula is C25H28O2. The number of hydrogen-bond donors (Lipinski definition) is 0. The predicted octanol–water partition coefficient (Wildman–Crippen LogP) is 6.74. The highest BCUT2D eigenvalue weighted by atomic mass is 16.5. The highest BCUT2D eigenvalue weighted by molar-refractivity contribution is 5.33. The average Bonchev–Trinajstić information content (AvgIpc) is 2.67. The molecular weight excluding hydrogens is 332 g/mol. The standard InChI is InChI=1S/C25H28O2/c1-19(2)25(22-14-12-20(3)13-15-22)18-26-17-21-8-7-11-24(16-21)27-23-9-5-4-6-10-23/h4-16,19,25H,17-18H2,1-3H3. The van der Waals surface area contributed by atoms with E-state index in [1.807, 2.05) is 48.5 Å². The van der Waals surface area contributed by atoms with Crippen molar-refractivity contribution in [3.8, 4) is 11.5 Å². The third-order valence-corrected chi connectivity index (χ3v) is 4.75. The van der Waals surface area contributed by atoms with Gasteiger partial charge in [-0.1, -0.05) is 74.0 Å². The molecule has 0 heterocycles. The van der Waals surface area contributed by atoms with Crippen molar-refractivity contribution in [1.29, 1.82) is 0 Å². The van der Waals surface area contributed by atoms with E-state index in [9.17, 15) is 0 Å². The maximum atomic E-state index is 6.08. The van der Waals surface area contributed by atoms with Gasteiger partial charge in [0.1, 0.15) is 11.5 Å². The van der Waals surface area contributed by atoms with E-state index in [0.29, 0.717) is 25.0 Å². The molecule has 0 amide bonds. The van der Waals surface area contributed by atoms with Crippen LogP contribution in [0.5, 0.6) is 11.5 Å². The van der Waals surface area contributed by atoms with Crippen molar-refractivity contribution in [3.05, 3.63) is 95.6 Å². The Morgan fingerprint density at radius 2 is 1.48 bits per heavy atom. The van der Waals surface area contributed by atoms with Gasteiger partial charge in [0.05, 0.1) is 13.2 Å². The Balaban J connectivity index is 1.59. The zero-order chi connectivity index (χ0) is 19.1. The molecule has 2 nitrogen and oxygen atoms in total. The molecule has 0 radical (unpaired) electrons. The lowest BCUT2D eigenvalue weighted by molar-refractivity contribution is 0.0957. The second-order valence-corrected chi connectivity index (χ2v) is 7.34. The number of ether oxygens (including phenoxy) is 2. The SMILES string of the molecule is Cc1ccc(C(COCc2cccc(Oc3ccccc3)c2)C(C)C)cc1. The van der Waals surface area contributed by atoms with Crippen molar-refractivity contribution < 1.29 is 9.47 Å². The molecule has 2 heteroatoms. The van der Waals surface area contributed by atoms with Crippen LogP contribution in [0.3, 0.4) is 0 Å². The van der Waals surface area contributed by atoms with Crippen LogP contribution in [0.4, 0.5) is 0 Å². The third-order valence-electron chi connectivity index (χ3n) is 4.75. The van der Waals surface area contributed by atoms with E-state index in [0.717, 1.165) is 17.1 Å². The topological polar surface area (TPSA) is 18.5 Å². The fraction of sp³-hybridized carbons (Fsp3) is 0.280. The summed E-state index contributed by atoms with van der Waals surface area (Å²) in [5.74, 6) is 2.60. The van der Waals surface area contributed by atoms with E-state index in [4.69, 9.17) is 9.47 Å². The van der Waals surface area contributed by atoms with Gasteiger partial charge in [0, 0.05) is 5.92 Å². The van der Waals surface area contributed by atoms with Gasteiger partial charge in [-0.3, -0.25) is 0 Å². The Bertz CT molecular complexity index is 822. The first-order valence-electron chi connectivity index (χ1n) is 9.58. The second-order valence-electron chi connectivity index (χ2n) is 7.34. The van der Waals surface area contributed by atoms with Crippen LogP contribution < -0.4 is 4.74 Å². The molecule has 0 saturated carbocycles. The Kier molecular flexibility index (Phi) is 6.67. The summed E-state index contributed by atoms with van der Waals surface area (Å²) in [6.07, 6.45) is 0. The summed E-state index contributed by atoms with van der Waals surface area (Å²) < 4.78 is 12.0. The van der Waals surface area contributed by atoms with Crippen LogP contribution in [0.2, 0.25) is 0 Å². The lowest BCUT2D eigenvalue weighted by Crippen LogP contribution is -2.14. The summed E-state index contributed by atoms with van der Waals surface area (Å²) in [6.45, 7) is 7.92. The first-order valence-corrected chi connectivity index (χ1v) is 9.58. The van der Waals surface area contributed by atoms with E-state index >= 15 is 0 Å². The molecule has 1 atom stereocenters. The average molecular weight is 360 g/mol. The molecule has 140 valence electrons. The molecule has 27 heavy (non-hydrogen) atoms. The van der Waals surface area contributed by atoms with Crippen LogP contribution in [-0.4, -0.2) is 6.61 Å². The van der Waals surface area contributed by atoms with E-state index in [-0.39, 0.29) is 0 Å². The largest absolute Gasteiger partial charge is 0.457 e. The lowest BCUT2D eigenvalue weighted by atomic mass is 9.89. The molecule has 3 aromatic rings. The van der Waals surface area contributed by atoms with Crippen molar-refractivity contribution in [1.82, 2.24) is 0 Å². The van der Waals surface area contributed by atoms with E-state index in [1.54, 1.807) is 0 Å². The minimum Gasteiger partial charge on any atom is -0.457 e. The lowest BCUT2D eigenvalue weighted by Gasteiger charge is -2.21. The van der Waals surface area contributed by atoms with Crippen LogP contribution in [0.25, 0.3) is 0 Å². The Morgan fingerprint density at radius 3 is 2.19 bits per heavy atom. The molecule has 0 spiro atoms. The van der Waals surface area contributed by atoms with E-state index in [1.165, 1.54) is 11.1 Å². The zero-order valence-electron chi connectivity index (χ0n) is 16.4. The number of para-hydroxylation sites is 1. The number of benzene rings is 3. The Hall–Kier alpha value is -2.58. The van der Waals surface area contributed by atoms with Gasteiger partial charge in [-0.2, -0.15) is 0 Å². The summed E-state index contributed by atoms with van der Waals surface area (Å²) in [6, 6.07) is 26.7.